The number of rotatable bonds is 37. The molecule has 1 saturated heterocycles. The minimum atomic E-state index is -5.44. The number of aliphatic hydroxyl groups is 3. The standard InChI is InChI=1S/C47H77N3O16P2/c1-4-6-28-38(51)29-24-20-16-11-9-7-8-10-12-18-22-26-31-43(53)64-39(34-61-42(52)30-25-21-17-14-13-15-19-23-27-37(3)5-2)35-62-67(57,58)66-68(59,60)63-36-40-44(54)45(55)46(65-40)50-33-32-41(48)49-47(50)56/h6-8,11-12,16,18,20,24,28,32-33,37-40,44-46,51,54-55H,4-5,9-10,13-15,17,19,21-23,25-27,29-31,34-36H2,1-3H3,(H,57,58)(H,59,60)(H2,48,49,56)/b8-7-,16-11-,18-12-,24-20+,28-6-/t37?,38?,39-,40-,44-,45-,46-/m1/s1. The second-order valence-corrected chi connectivity index (χ2v) is 19.7. The van der Waals surface area contributed by atoms with E-state index < -0.39 is 89.8 Å². The van der Waals surface area contributed by atoms with E-state index in [2.05, 4.69) is 23.1 Å². The highest BCUT2D eigenvalue weighted by Gasteiger charge is 2.46. The van der Waals surface area contributed by atoms with Gasteiger partial charge in [0.15, 0.2) is 12.3 Å². The summed E-state index contributed by atoms with van der Waals surface area (Å²) in [5.41, 5.74) is 4.57. The number of hydrogen-bond donors (Lipinski definition) is 6. The molecule has 0 aliphatic carbocycles. The molecular formula is C47H77N3O16P2. The zero-order valence-electron chi connectivity index (χ0n) is 39.9. The van der Waals surface area contributed by atoms with Gasteiger partial charge in [-0.2, -0.15) is 9.29 Å². The van der Waals surface area contributed by atoms with Gasteiger partial charge < -0.3 is 45.1 Å². The molecule has 0 spiro atoms. The van der Waals surface area contributed by atoms with Crippen molar-refractivity contribution in [1.82, 2.24) is 9.55 Å². The van der Waals surface area contributed by atoms with Crippen molar-refractivity contribution in [3.8, 4) is 0 Å². The minimum absolute atomic E-state index is 0.0478. The molecular weight excluding hydrogens is 924 g/mol. The van der Waals surface area contributed by atoms with Crippen molar-refractivity contribution in [2.75, 3.05) is 25.6 Å². The highest BCUT2D eigenvalue weighted by atomic mass is 31.3. The number of hydrogen-bond acceptors (Lipinski definition) is 16. The Morgan fingerprint density at radius 1 is 0.838 bits per heavy atom. The van der Waals surface area contributed by atoms with E-state index in [0.29, 0.717) is 32.1 Å². The van der Waals surface area contributed by atoms with Gasteiger partial charge in [-0.3, -0.25) is 23.2 Å². The molecule has 2 rings (SSSR count). The highest BCUT2D eigenvalue weighted by molar-refractivity contribution is 7.61. The van der Waals surface area contributed by atoms with Crippen LogP contribution in [0.15, 0.2) is 77.8 Å². The first kappa shape index (κ1) is 60.5. The molecule has 9 atom stereocenters. The minimum Gasteiger partial charge on any atom is -0.462 e. The number of esters is 2. The molecule has 7 N–H and O–H groups in total. The summed E-state index contributed by atoms with van der Waals surface area (Å²) in [6.07, 6.45) is 26.8. The lowest BCUT2D eigenvalue weighted by molar-refractivity contribution is -0.161. The number of anilines is 1. The normalized spacial score (nSPS) is 20.9. The maximum atomic E-state index is 12.8. The molecule has 0 radical (unpaired) electrons. The van der Waals surface area contributed by atoms with E-state index in [9.17, 15) is 48.6 Å². The molecule has 2 heterocycles. The van der Waals surface area contributed by atoms with Crippen molar-refractivity contribution < 1.29 is 71.4 Å². The van der Waals surface area contributed by atoms with Crippen molar-refractivity contribution in [3.05, 3.63) is 83.5 Å². The predicted molar refractivity (Wildman–Crippen MR) is 258 cm³/mol. The topological polar surface area (TPSA) is 286 Å². The maximum absolute atomic E-state index is 12.8. The van der Waals surface area contributed by atoms with Gasteiger partial charge in [0.2, 0.25) is 0 Å². The molecule has 1 aromatic heterocycles. The SMILES string of the molecule is CC/C=C\C(O)C/C=C/C=C\C/C=C\C/C=C\CCCC(=O)O[C@H](COC(=O)CCCCCCCCCCC(C)CC)COP(=O)(O)OP(=O)(O)OC[C@H]1O[C@@H](n2ccc(N)nc2=O)[C@H](O)[C@@H]1O. The number of nitrogen functional groups attached to an aromatic ring is 1. The molecule has 1 fully saturated rings. The average Bonchev–Trinajstić information content (AvgIpc) is 3.57. The Labute approximate surface area is 401 Å². The smallest absolute Gasteiger partial charge is 0.462 e. The second-order valence-electron chi connectivity index (χ2n) is 16.7. The molecule has 1 aromatic rings. The van der Waals surface area contributed by atoms with E-state index in [1.165, 1.54) is 38.2 Å². The third kappa shape index (κ3) is 27.6. The Morgan fingerprint density at radius 2 is 1.47 bits per heavy atom. The molecule has 4 unspecified atom stereocenters. The summed E-state index contributed by atoms with van der Waals surface area (Å²) in [4.78, 5) is 61.7. The van der Waals surface area contributed by atoms with Gasteiger partial charge in [0, 0.05) is 19.0 Å². The van der Waals surface area contributed by atoms with Gasteiger partial charge >= 0.3 is 33.3 Å². The van der Waals surface area contributed by atoms with Crippen LogP contribution in [0.1, 0.15) is 143 Å². The van der Waals surface area contributed by atoms with Crippen molar-refractivity contribution >= 4 is 33.4 Å². The average molecular weight is 1000 g/mol. The number of aliphatic hydroxyl groups excluding tert-OH is 3. The largest absolute Gasteiger partial charge is 0.481 e. The Bertz CT molecular complexity index is 1910. The molecule has 21 heteroatoms. The summed E-state index contributed by atoms with van der Waals surface area (Å²) < 4.78 is 56.6. The van der Waals surface area contributed by atoms with Gasteiger partial charge in [0.05, 0.1) is 19.3 Å². The summed E-state index contributed by atoms with van der Waals surface area (Å²) in [6, 6.07) is 1.24. The second kappa shape index (κ2) is 34.7. The van der Waals surface area contributed by atoms with E-state index in [4.69, 9.17) is 29.0 Å². The van der Waals surface area contributed by atoms with Crippen LogP contribution in [0.2, 0.25) is 0 Å². The van der Waals surface area contributed by atoms with E-state index >= 15 is 0 Å². The molecule has 0 saturated carbocycles. The molecule has 386 valence electrons. The summed E-state index contributed by atoms with van der Waals surface area (Å²) in [5.74, 6) is -0.638. The first-order valence-electron chi connectivity index (χ1n) is 23.8. The van der Waals surface area contributed by atoms with Crippen molar-refractivity contribution in [2.24, 2.45) is 5.92 Å². The van der Waals surface area contributed by atoms with E-state index in [-0.39, 0.29) is 18.7 Å². The van der Waals surface area contributed by atoms with Crippen LogP contribution in [-0.2, 0) is 46.3 Å². The number of aromatic nitrogens is 2. The number of allylic oxidation sites excluding steroid dienone is 8. The summed E-state index contributed by atoms with van der Waals surface area (Å²) >= 11 is 0. The molecule has 19 nitrogen and oxygen atoms in total. The maximum Gasteiger partial charge on any atom is 0.481 e. The number of carbonyl (C=O) groups excluding carboxylic acids is 2. The molecule has 0 aromatic carbocycles. The molecule has 1 aliphatic heterocycles. The van der Waals surface area contributed by atoms with Crippen LogP contribution in [0.5, 0.6) is 0 Å². The van der Waals surface area contributed by atoms with Crippen LogP contribution in [0, 0.1) is 5.92 Å². The third-order valence-corrected chi connectivity index (χ3v) is 13.3. The first-order valence-corrected chi connectivity index (χ1v) is 26.8. The van der Waals surface area contributed by atoms with Crippen LogP contribution < -0.4 is 11.4 Å². The van der Waals surface area contributed by atoms with Crippen LogP contribution in [0.4, 0.5) is 5.82 Å². The predicted octanol–water partition coefficient (Wildman–Crippen LogP) is 7.99. The fourth-order valence-corrected chi connectivity index (χ4v) is 8.75. The number of phosphoric acid groups is 2. The van der Waals surface area contributed by atoms with Gasteiger partial charge in [-0.1, -0.05) is 139 Å². The van der Waals surface area contributed by atoms with Crippen LogP contribution in [0.3, 0.4) is 0 Å². The Kier molecular flexibility index (Phi) is 30.9. The van der Waals surface area contributed by atoms with Gasteiger partial charge in [0.25, 0.3) is 0 Å². The van der Waals surface area contributed by atoms with Crippen LogP contribution in [-0.4, -0.2) is 96.9 Å². The number of carbonyl (C=O) groups is 2. The Balaban J connectivity index is 1.86. The summed E-state index contributed by atoms with van der Waals surface area (Å²) in [6.45, 7) is 4.12. The molecule has 0 amide bonds. The lowest BCUT2D eigenvalue weighted by atomic mass is 9.99. The molecule has 68 heavy (non-hydrogen) atoms. The monoisotopic (exact) mass is 1000 g/mol. The van der Waals surface area contributed by atoms with E-state index in [0.717, 1.165) is 55.2 Å². The van der Waals surface area contributed by atoms with Crippen LogP contribution in [0.25, 0.3) is 0 Å². The molecule has 1 aliphatic rings. The zero-order valence-corrected chi connectivity index (χ0v) is 41.7. The fraction of sp³-hybridized carbons (Fsp3) is 0.660. The summed E-state index contributed by atoms with van der Waals surface area (Å²) in [7, 11) is -10.9. The van der Waals surface area contributed by atoms with Gasteiger partial charge in [0.1, 0.15) is 30.7 Å². The molecule has 0 bridgehead atoms. The first-order chi connectivity index (χ1) is 32.5. The van der Waals surface area contributed by atoms with E-state index in [1.54, 1.807) is 6.08 Å². The van der Waals surface area contributed by atoms with Crippen molar-refractivity contribution in [1.29, 1.82) is 0 Å². The number of ether oxygens (including phenoxy) is 3. The Hall–Kier alpha value is -3.58. The number of unbranched alkanes of at least 4 members (excludes halogenated alkanes) is 8. The lowest BCUT2D eigenvalue weighted by Gasteiger charge is -2.21. The lowest BCUT2D eigenvalue weighted by Crippen LogP contribution is -2.36. The quantitative estimate of drug-likeness (QED) is 0.0121. The third-order valence-electron chi connectivity index (χ3n) is 10.7. The Morgan fingerprint density at radius 3 is 2.16 bits per heavy atom. The van der Waals surface area contributed by atoms with Crippen molar-refractivity contribution in [3.63, 3.8) is 0 Å². The van der Waals surface area contributed by atoms with Gasteiger partial charge in [-0.05, 0) is 56.9 Å². The highest BCUT2D eigenvalue weighted by Crippen LogP contribution is 2.60. The number of nitrogens with two attached hydrogens (primary N) is 1. The van der Waals surface area contributed by atoms with E-state index in [1.807, 2.05) is 61.6 Å². The summed E-state index contributed by atoms with van der Waals surface area (Å²) in [5, 5.41) is 30.7. The van der Waals surface area contributed by atoms with Crippen LogP contribution >= 0.6 is 15.6 Å². The fourth-order valence-electron chi connectivity index (χ4n) is 6.64. The zero-order chi connectivity index (χ0) is 50.2. The van der Waals surface area contributed by atoms with Gasteiger partial charge in [-0.25, -0.2) is 13.9 Å². The van der Waals surface area contributed by atoms with Gasteiger partial charge in [-0.15, -0.1) is 0 Å². The van der Waals surface area contributed by atoms with Crippen molar-refractivity contribution in [2.45, 2.75) is 173 Å². The number of nitrogens with zero attached hydrogens (tertiary/aromatic N) is 2. The number of phosphoric ester groups is 2.